The van der Waals surface area contributed by atoms with Gasteiger partial charge < -0.3 is 5.73 Å². The SMILES string of the molecule is NC(=O)C12CC(C1)C2c1ccccc1. The summed E-state index contributed by atoms with van der Waals surface area (Å²) < 4.78 is 0. The van der Waals surface area contributed by atoms with E-state index in [0.717, 1.165) is 12.8 Å². The lowest BCUT2D eigenvalue weighted by Crippen LogP contribution is -2.65. The molecule has 1 aromatic carbocycles. The number of nitrogens with two attached hydrogens (primary N) is 1. The van der Waals surface area contributed by atoms with Gasteiger partial charge in [-0.15, -0.1) is 0 Å². The van der Waals surface area contributed by atoms with Crippen molar-refractivity contribution in [1.29, 1.82) is 0 Å². The van der Waals surface area contributed by atoms with Crippen LogP contribution in [0.1, 0.15) is 24.3 Å². The van der Waals surface area contributed by atoms with Crippen LogP contribution in [-0.4, -0.2) is 5.91 Å². The lowest BCUT2D eigenvalue weighted by Gasteiger charge is -2.66. The summed E-state index contributed by atoms with van der Waals surface area (Å²) in [5, 5.41) is 0. The fourth-order valence-corrected chi connectivity index (χ4v) is 3.10. The Morgan fingerprint density at radius 1 is 1.29 bits per heavy atom. The van der Waals surface area contributed by atoms with E-state index < -0.39 is 0 Å². The average molecular weight is 187 g/mol. The van der Waals surface area contributed by atoms with Crippen molar-refractivity contribution in [3.8, 4) is 0 Å². The molecule has 14 heavy (non-hydrogen) atoms. The lowest BCUT2D eigenvalue weighted by atomic mass is 9.36. The minimum Gasteiger partial charge on any atom is -0.369 e. The van der Waals surface area contributed by atoms with Crippen LogP contribution in [0.4, 0.5) is 0 Å². The third-order valence-electron chi connectivity index (χ3n) is 3.97. The lowest BCUT2D eigenvalue weighted by molar-refractivity contribution is -0.173. The molecule has 0 aliphatic heterocycles. The second kappa shape index (κ2) is 2.38. The van der Waals surface area contributed by atoms with E-state index in [1.165, 1.54) is 5.56 Å². The van der Waals surface area contributed by atoms with Crippen LogP contribution >= 0.6 is 0 Å². The Morgan fingerprint density at radius 3 is 2.36 bits per heavy atom. The zero-order chi connectivity index (χ0) is 9.76. The molecule has 1 atom stereocenters. The van der Waals surface area contributed by atoms with Gasteiger partial charge in [-0.25, -0.2) is 0 Å². The fraction of sp³-hybridized carbons (Fsp3) is 0.417. The highest BCUT2D eigenvalue weighted by Gasteiger charge is 2.68. The number of hydrogen-bond donors (Lipinski definition) is 1. The number of hydrogen-bond acceptors (Lipinski definition) is 1. The van der Waals surface area contributed by atoms with Gasteiger partial charge in [0.05, 0.1) is 5.41 Å². The van der Waals surface area contributed by atoms with Crippen LogP contribution in [0.3, 0.4) is 0 Å². The van der Waals surface area contributed by atoms with Gasteiger partial charge in [0, 0.05) is 5.92 Å². The molecule has 3 fully saturated rings. The number of primary amides is 1. The molecule has 0 heterocycles. The fourth-order valence-electron chi connectivity index (χ4n) is 3.10. The monoisotopic (exact) mass is 187 g/mol. The number of carbonyl (C=O) groups excluding carboxylic acids is 1. The number of amides is 1. The first-order chi connectivity index (χ1) is 6.74. The number of benzene rings is 1. The number of rotatable bonds is 2. The van der Waals surface area contributed by atoms with Gasteiger partial charge in [0.15, 0.2) is 0 Å². The molecule has 2 bridgehead atoms. The second-order valence-corrected chi connectivity index (χ2v) is 4.58. The minimum absolute atomic E-state index is 0.103. The van der Waals surface area contributed by atoms with Crippen LogP contribution in [0.25, 0.3) is 0 Å². The first-order valence-corrected chi connectivity index (χ1v) is 5.09. The Bertz CT molecular complexity index is 379. The van der Waals surface area contributed by atoms with Gasteiger partial charge >= 0.3 is 0 Å². The van der Waals surface area contributed by atoms with Gasteiger partial charge in [-0.3, -0.25) is 4.79 Å². The summed E-state index contributed by atoms with van der Waals surface area (Å²) in [6.45, 7) is 0. The van der Waals surface area contributed by atoms with Crippen LogP contribution in [-0.2, 0) is 4.79 Å². The van der Waals surface area contributed by atoms with Crippen LogP contribution in [0.2, 0.25) is 0 Å². The maximum Gasteiger partial charge on any atom is 0.224 e. The van der Waals surface area contributed by atoms with Crippen molar-refractivity contribution in [2.45, 2.75) is 18.8 Å². The summed E-state index contributed by atoms with van der Waals surface area (Å²) in [5.74, 6) is 1.03. The van der Waals surface area contributed by atoms with Crippen molar-refractivity contribution >= 4 is 5.91 Å². The van der Waals surface area contributed by atoms with Crippen molar-refractivity contribution in [2.75, 3.05) is 0 Å². The highest BCUT2D eigenvalue weighted by atomic mass is 16.1. The predicted molar refractivity (Wildman–Crippen MR) is 53.5 cm³/mol. The maximum atomic E-state index is 11.3. The van der Waals surface area contributed by atoms with Gasteiger partial charge in [-0.1, -0.05) is 30.3 Å². The molecule has 0 aromatic heterocycles. The Kier molecular flexibility index (Phi) is 1.37. The molecule has 2 N–H and O–H groups in total. The van der Waals surface area contributed by atoms with Crippen molar-refractivity contribution < 1.29 is 4.79 Å². The zero-order valence-electron chi connectivity index (χ0n) is 7.94. The largest absolute Gasteiger partial charge is 0.369 e. The van der Waals surface area contributed by atoms with Crippen molar-refractivity contribution in [3.63, 3.8) is 0 Å². The highest BCUT2D eigenvalue weighted by molar-refractivity contribution is 5.86. The van der Waals surface area contributed by atoms with Gasteiger partial charge in [0.1, 0.15) is 0 Å². The second-order valence-electron chi connectivity index (χ2n) is 4.58. The van der Waals surface area contributed by atoms with Gasteiger partial charge in [-0.05, 0) is 24.3 Å². The molecule has 1 amide bonds. The van der Waals surface area contributed by atoms with Crippen LogP contribution in [0.5, 0.6) is 0 Å². The topological polar surface area (TPSA) is 43.1 Å². The molecule has 3 saturated carbocycles. The quantitative estimate of drug-likeness (QED) is 0.751. The number of carbonyl (C=O) groups is 1. The first kappa shape index (κ1) is 8.04. The van der Waals surface area contributed by atoms with Gasteiger partial charge in [0.2, 0.25) is 5.91 Å². The van der Waals surface area contributed by atoms with E-state index in [0.29, 0.717) is 11.8 Å². The Labute approximate surface area is 83.1 Å². The molecule has 3 aliphatic carbocycles. The molecular formula is C12H13NO. The van der Waals surface area contributed by atoms with E-state index in [9.17, 15) is 4.79 Å². The molecular weight excluding hydrogens is 174 g/mol. The molecule has 2 heteroatoms. The Balaban J connectivity index is 1.93. The molecule has 0 radical (unpaired) electrons. The van der Waals surface area contributed by atoms with E-state index in [4.69, 9.17) is 5.73 Å². The molecule has 72 valence electrons. The van der Waals surface area contributed by atoms with Crippen LogP contribution in [0.15, 0.2) is 30.3 Å². The smallest absolute Gasteiger partial charge is 0.224 e. The normalized spacial score (nSPS) is 38.3. The van der Waals surface area contributed by atoms with Gasteiger partial charge in [-0.2, -0.15) is 0 Å². The summed E-state index contributed by atoms with van der Waals surface area (Å²) in [6, 6.07) is 10.3. The Morgan fingerprint density at radius 2 is 1.93 bits per heavy atom. The van der Waals surface area contributed by atoms with Crippen LogP contribution < -0.4 is 5.73 Å². The summed E-state index contributed by atoms with van der Waals surface area (Å²) in [6.07, 6.45) is 2.03. The zero-order valence-corrected chi connectivity index (χ0v) is 7.94. The summed E-state index contributed by atoms with van der Waals surface area (Å²) >= 11 is 0. The molecule has 1 aromatic rings. The summed E-state index contributed by atoms with van der Waals surface area (Å²) in [4.78, 5) is 11.3. The summed E-state index contributed by atoms with van der Waals surface area (Å²) in [5.41, 5.74) is 6.57. The van der Waals surface area contributed by atoms with Crippen molar-refractivity contribution in [2.24, 2.45) is 17.1 Å². The first-order valence-electron chi connectivity index (χ1n) is 5.09. The van der Waals surface area contributed by atoms with E-state index in [1.807, 2.05) is 18.2 Å². The third-order valence-corrected chi connectivity index (χ3v) is 3.97. The molecule has 0 spiro atoms. The standard InChI is InChI=1S/C12H13NO/c13-11(14)12-6-9(7-12)10(12)8-4-2-1-3-5-8/h1-5,9-10H,6-7H2,(H2,13,14). The van der Waals surface area contributed by atoms with E-state index >= 15 is 0 Å². The molecule has 2 nitrogen and oxygen atoms in total. The third kappa shape index (κ3) is 0.746. The van der Waals surface area contributed by atoms with Crippen molar-refractivity contribution in [1.82, 2.24) is 0 Å². The molecule has 0 saturated heterocycles. The molecule has 1 unspecified atom stereocenters. The van der Waals surface area contributed by atoms with Gasteiger partial charge in [0.25, 0.3) is 0 Å². The van der Waals surface area contributed by atoms with Crippen molar-refractivity contribution in [3.05, 3.63) is 35.9 Å². The van der Waals surface area contributed by atoms with E-state index in [2.05, 4.69) is 12.1 Å². The maximum absolute atomic E-state index is 11.3. The minimum atomic E-state index is -0.175. The molecule has 4 rings (SSSR count). The van der Waals surface area contributed by atoms with E-state index in [-0.39, 0.29) is 11.3 Å². The average Bonchev–Trinajstić information content (AvgIpc) is 2.00. The van der Waals surface area contributed by atoms with E-state index in [1.54, 1.807) is 0 Å². The van der Waals surface area contributed by atoms with Crippen LogP contribution in [0, 0.1) is 11.3 Å². The predicted octanol–water partition coefficient (Wildman–Crippen LogP) is 1.67. The molecule has 3 aliphatic rings. The highest BCUT2D eigenvalue weighted by Crippen LogP contribution is 2.72. The summed E-state index contributed by atoms with van der Waals surface area (Å²) in [7, 11) is 0. The Hall–Kier alpha value is -1.31.